The van der Waals surface area contributed by atoms with E-state index in [4.69, 9.17) is 14.2 Å². The summed E-state index contributed by atoms with van der Waals surface area (Å²) in [5, 5.41) is 6.55. The molecule has 0 spiro atoms. The Morgan fingerprint density at radius 1 is 1.13 bits per heavy atom. The number of hydrogen-bond acceptors (Lipinski definition) is 4. The molecular formula is C17H29N3O3. The van der Waals surface area contributed by atoms with E-state index in [1.807, 2.05) is 32.0 Å². The van der Waals surface area contributed by atoms with E-state index < -0.39 is 0 Å². The standard InChI is InChI=1S/C17H29N3O3/c1-5-18-17(20-11-12-23-6-2)19-10-9-14-13-15(21-3)7-8-16(14)22-4/h7-8,13H,5-6,9-12H2,1-4H3,(H2,18,19,20). The van der Waals surface area contributed by atoms with Crippen LogP contribution in [0.2, 0.25) is 0 Å². The third-order valence-electron chi connectivity index (χ3n) is 3.23. The number of benzene rings is 1. The summed E-state index contributed by atoms with van der Waals surface area (Å²) in [6, 6.07) is 5.82. The molecule has 0 aliphatic rings. The van der Waals surface area contributed by atoms with E-state index in [9.17, 15) is 0 Å². The van der Waals surface area contributed by atoms with Crippen LogP contribution in [0.1, 0.15) is 19.4 Å². The molecule has 0 atom stereocenters. The number of guanidine groups is 1. The van der Waals surface area contributed by atoms with Gasteiger partial charge in [0.2, 0.25) is 0 Å². The zero-order valence-corrected chi connectivity index (χ0v) is 14.6. The van der Waals surface area contributed by atoms with Crippen LogP contribution in [0.15, 0.2) is 23.2 Å². The van der Waals surface area contributed by atoms with Gasteiger partial charge in [-0.3, -0.25) is 4.99 Å². The van der Waals surface area contributed by atoms with E-state index in [1.165, 1.54) is 0 Å². The maximum absolute atomic E-state index is 5.40. The molecule has 6 nitrogen and oxygen atoms in total. The first-order valence-electron chi connectivity index (χ1n) is 8.05. The molecule has 0 heterocycles. The molecule has 0 bridgehead atoms. The highest BCUT2D eigenvalue weighted by atomic mass is 16.5. The van der Waals surface area contributed by atoms with Gasteiger partial charge >= 0.3 is 0 Å². The Balaban J connectivity index is 2.55. The molecule has 1 aromatic carbocycles. The Bertz CT molecular complexity index is 478. The van der Waals surface area contributed by atoms with Crippen molar-refractivity contribution in [2.75, 3.05) is 47.1 Å². The highest BCUT2D eigenvalue weighted by molar-refractivity contribution is 5.79. The van der Waals surface area contributed by atoms with Crippen LogP contribution in [0, 0.1) is 0 Å². The minimum atomic E-state index is 0.636. The number of nitrogens with zero attached hydrogens (tertiary/aromatic N) is 1. The van der Waals surface area contributed by atoms with Gasteiger partial charge in [-0.25, -0.2) is 0 Å². The summed E-state index contributed by atoms with van der Waals surface area (Å²) < 4.78 is 16.0. The predicted octanol–water partition coefficient (Wildman–Crippen LogP) is 1.84. The zero-order valence-electron chi connectivity index (χ0n) is 14.6. The van der Waals surface area contributed by atoms with Crippen LogP contribution in [-0.2, 0) is 11.2 Å². The maximum atomic E-state index is 5.40. The first kappa shape index (κ1) is 19.1. The third-order valence-corrected chi connectivity index (χ3v) is 3.23. The second kappa shape index (κ2) is 11.6. The van der Waals surface area contributed by atoms with Crippen molar-refractivity contribution in [2.45, 2.75) is 20.3 Å². The average molecular weight is 323 g/mol. The minimum absolute atomic E-state index is 0.636. The zero-order chi connectivity index (χ0) is 16.9. The summed E-state index contributed by atoms with van der Waals surface area (Å²) in [6.45, 7) is 7.60. The fourth-order valence-electron chi connectivity index (χ4n) is 2.10. The summed E-state index contributed by atoms with van der Waals surface area (Å²) in [5.74, 6) is 2.50. The van der Waals surface area contributed by atoms with E-state index in [0.717, 1.165) is 49.1 Å². The van der Waals surface area contributed by atoms with Crippen molar-refractivity contribution in [1.29, 1.82) is 0 Å². The van der Waals surface area contributed by atoms with Gasteiger partial charge in [0.25, 0.3) is 0 Å². The minimum Gasteiger partial charge on any atom is -0.497 e. The molecule has 1 rings (SSSR count). The van der Waals surface area contributed by atoms with Gasteiger partial charge in [-0.05, 0) is 44.0 Å². The Morgan fingerprint density at radius 3 is 2.61 bits per heavy atom. The molecule has 6 heteroatoms. The van der Waals surface area contributed by atoms with E-state index in [-0.39, 0.29) is 0 Å². The molecular weight excluding hydrogens is 294 g/mol. The maximum Gasteiger partial charge on any atom is 0.191 e. The van der Waals surface area contributed by atoms with E-state index in [1.54, 1.807) is 14.2 Å². The van der Waals surface area contributed by atoms with Crippen molar-refractivity contribution in [3.8, 4) is 11.5 Å². The van der Waals surface area contributed by atoms with E-state index >= 15 is 0 Å². The molecule has 0 radical (unpaired) electrons. The highest BCUT2D eigenvalue weighted by Crippen LogP contribution is 2.23. The van der Waals surface area contributed by atoms with Gasteiger partial charge in [-0.2, -0.15) is 0 Å². The van der Waals surface area contributed by atoms with Crippen LogP contribution in [0.4, 0.5) is 0 Å². The molecule has 0 fully saturated rings. The quantitative estimate of drug-likeness (QED) is 0.391. The van der Waals surface area contributed by atoms with Crippen molar-refractivity contribution in [3.05, 3.63) is 23.8 Å². The SMILES string of the molecule is CCNC(=NCCOCC)NCCc1cc(OC)ccc1OC. The summed E-state index contributed by atoms with van der Waals surface area (Å²) in [5.41, 5.74) is 1.10. The average Bonchev–Trinajstić information content (AvgIpc) is 2.58. The molecule has 2 N–H and O–H groups in total. The summed E-state index contributed by atoms with van der Waals surface area (Å²) in [6.07, 6.45) is 0.816. The van der Waals surface area contributed by atoms with E-state index in [2.05, 4.69) is 15.6 Å². The largest absolute Gasteiger partial charge is 0.497 e. The lowest BCUT2D eigenvalue weighted by Gasteiger charge is -2.13. The first-order chi connectivity index (χ1) is 11.2. The van der Waals surface area contributed by atoms with E-state index in [0.29, 0.717) is 13.2 Å². The van der Waals surface area contributed by atoms with Crippen LogP contribution in [0.5, 0.6) is 11.5 Å². The number of methoxy groups -OCH3 is 2. The normalized spacial score (nSPS) is 11.2. The van der Waals surface area contributed by atoms with Crippen LogP contribution in [0.3, 0.4) is 0 Å². The van der Waals surface area contributed by atoms with Gasteiger partial charge in [-0.15, -0.1) is 0 Å². The van der Waals surface area contributed by atoms with Crippen molar-refractivity contribution in [2.24, 2.45) is 4.99 Å². The van der Waals surface area contributed by atoms with Gasteiger partial charge in [-0.1, -0.05) is 0 Å². The predicted molar refractivity (Wildman–Crippen MR) is 93.7 cm³/mol. The van der Waals surface area contributed by atoms with Crippen molar-refractivity contribution >= 4 is 5.96 Å². The lowest BCUT2D eigenvalue weighted by atomic mass is 10.1. The molecule has 130 valence electrons. The highest BCUT2D eigenvalue weighted by Gasteiger charge is 2.05. The molecule has 0 saturated carbocycles. The molecule has 0 saturated heterocycles. The number of rotatable bonds is 10. The van der Waals surface area contributed by atoms with Crippen molar-refractivity contribution < 1.29 is 14.2 Å². The van der Waals surface area contributed by atoms with Crippen molar-refractivity contribution in [1.82, 2.24) is 10.6 Å². The number of nitrogens with one attached hydrogen (secondary N) is 2. The van der Waals surface area contributed by atoms with Crippen LogP contribution in [0.25, 0.3) is 0 Å². The second-order valence-corrected chi connectivity index (χ2v) is 4.81. The smallest absolute Gasteiger partial charge is 0.191 e. The number of ether oxygens (including phenoxy) is 3. The van der Waals surface area contributed by atoms with Crippen LogP contribution in [-0.4, -0.2) is 53.0 Å². The Labute approximate surface area is 139 Å². The second-order valence-electron chi connectivity index (χ2n) is 4.81. The Morgan fingerprint density at radius 2 is 1.96 bits per heavy atom. The summed E-state index contributed by atoms with van der Waals surface area (Å²) in [7, 11) is 3.34. The summed E-state index contributed by atoms with van der Waals surface area (Å²) in [4.78, 5) is 4.47. The Hall–Kier alpha value is -1.95. The van der Waals surface area contributed by atoms with Gasteiger partial charge in [0, 0.05) is 19.7 Å². The molecule has 23 heavy (non-hydrogen) atoms. The Kier molecular flexibility index (Phi) is 9.63. The van der Waals surface area contributed by atoms with Crippen LogP contribution >= 0.6 is 0 Å². The van der Waals surface area contributed by atoms with Gasteiger partial charge in [0.1, 0.15) is 11.5 Å². The number of hydrogen-bond donors (Lipinski definition) is 2. The topological polar surface area (TPSA) is 64.1 Å². The third kappa shape index (κ3) is 7.23. The fourth-order valence-corrected chi connectivity index (χ4v) is 2.10. The van der Waals surface area contributed by atoms with Crippen molar-refractivity contribution in [3.63, 3.8) is 0 Å². The molecule has 0 unspecified atom stereocenters. The first-order valence-corrected chi connectivity index (χ1v) is 8.05. The lowest BCUT2D eigenvalue weighted by molar-refractivity contribution is 0.155. The van der Waals surface area contributed by atoms with Gasteiger partial charge in [0.05, 0.1) is 27.4 Å². The van der Waals surface area contributed by atoms with Gasteiger partial charge < -0.3 is 24.8 Å². The monoisotopic (exact) mass is 323 g/mol. The molecule has 0 aromatic heterocycles. The molecule has 1 aromatic rings. The van der Waals surface area contributed by atoms with Crippen LogP contribution < -0.4 is 20.1 Å². The fraction of sp³-hybridized carbons (Fsp3) is 0.588. The summed E-state index contributed by atoms with van der Waals surface area (Å²) >= 11 is 0. The molecule has 0 amide bonds. The molecule has 0 aliphatic heterocycles. The number of aliphatic imine (C=N–C) groups is 1. The van der Waals surface area contributed by atoms with Gasteiger partial charge in [0.15, 0.2) is 5.96 Å². The lowest BCUT2D eigenvalue weighted by Crippen LogP contribution is -2.38. The molecule has 0 aliphatic carbocycles.